The second kappa shape index (κ2) is 4.85. The first kappa shape index (κ1) is 14.2. The van der Waals surface area contributed by atoms with Crippen molar-refractivity contribution < 1.29 is 0 Å². The van der Waals surface area contributed by atoms with Crippen molar-refractivity contribution in [1.82, 2.24) is 0 Å². The molecule has 1 rings (SSSR count). The number of hydrogen-bond acceptors (Lipinski definition) is 1. The molecule has 0 radical (unpaired) electrons. The molecule has 0 saturated heterocycles. The van der Waals surface area contributed by atoms with E-state index < -0.39 is 0 Å². The average molecular weight is 220 g/mol. The lowest BCUT2D eigenvalue weighted by atomic mass is 9.67. The molecule has 0 aromatic heterocycles. The van der Waals surface area contributed by atoms with Gasteiger partial charge in [0.25, 0.3) is 0 Å². The molecular weight excluding hydrogens is 194 g/mol. The first-order valence-corrected chi connectivity index (χ1v) is 5.66. The molecule has 0 spiro atoms. The van der Waals surface area contributed by atoms with Gasteiger partial charge in [-0.15, -0.1) is 12.4 Å². The van der Waals surface area contributed by atoms with E-state index in [4.69, 9.17) is 5.73 Å². The van der Waals surface area contributed by atoms with E-state index >= 15 is 0 Å². The molecular formula is C12H26ClN. The minimum atomic E-state index is 0. The molecule has 0 bridgehead atoms. The van der Waals surface area contributed by atoms with Gasteiger partial charge in [-0.1, -0.05) is 27.7 Å². The third kappa shape index (κ3) is 3.43. The number of rotatable bonds is 1. The van der Waals surface area contributed by atoms with Crippen LogP contribution in [0.3, 0.4) is 0 Å². The zero-order valence-corrected chi connectivity index (χ0v) is 10.9. The zero-order valence-electron chi connectivity index (χ0n) is 10.1. The lowest BCUT2D eigenvalue weighted by molar-refractivity contribution is 0.132. The van der Waals surface area contributed by atoms with E-state index in [0.717, 1.165) is 12.3 Å². The van der Waals surface area contributed by atoms with Crippen molar-refractivity contribution in [1.29, 1.82) is 0 Å². The van der Waals surface area contributed by atoms with Gasteiger partial charge < -0.3 is 5.73 Å². The number of hydrogen-bond donors (Lipinski definition) is 1. The Labute approximate surface area is 95.2 Å². The van der Waals surface area contributed by atoms with Crippen LogP contribution in [0.1, 0.15) is 59.8 Å². The average Bonchev–Trinajstić information content (AvgIpc) is 2.04. The van der Waals surface area contributed by atoms with Gasteiger partial charge in [0.1, 0.15) is 0 Å². The molecule has 0 aliphatic heterocycles. The SMILES string of the molecule is CCC1(N)CCC(C(C)(C)C)CC1.Cl. The third-order valence-electron chi connectivity index (χ3n) is 3.91. The fraction of sp³-hybridized carbons (Fsp3) is 1.00. The topological polar surface area (TPSA) is 26.0 Å². The maximum Gasteiger partial charge on any atom is 0.0151 e. The molecule has 1 aliphatic rings. The van der Waals surface area contributed by atoms with Crippen LogP contribution in [0.4, 0.5) is 0 Å². The molecule has 14 heavy (non-hydrogen) atoms. The molecule has 2 heteroatoms. The van der Waals surface area contributed by atoms with E-state index in [1.807, 2.05) is 0 Å². The highest BCUT2D eigenvalue weighted by Gasteiger charge is 2.34. The van der Waals surface area contributed by atoms with Crippen LogP contribution in [0.25, 0.3) is 0 Å². The molecule has 0 aromatic rings. The fourth-order valence-corrected chi connectivity index (χ4v) is 2.41. The summed E-state index contributed by atoms with van der Waals surface area (Å²) in [5, 5.41) is 0. The van der Waals surface area contributed by atoms with E-state index in [2.05, 4.69) is 27.7 Å². The molecule has 1 fully saturated rings. The second-order valence-corrected chi connectivity index (χ2v) is 5.86. The van der Waals surface area contributed by atoms with Crippen molar-refractivity contribution in [3.05, 3.63) is 0 Å². The summed E-state index contributed by atoms with van der Waals surface area (Å²) in [4.78, 5) is 0. The molecule has 0 heterocycles. The van der Waals surface area contributed by atoms with Crippen molar-refractivity contribution in [3.8, 4) is 0 Å². The summed E-state index contributed by atoms with van der Waals surface area (Å²) in [6.07, 6.45) is 6.25. The summed E-state index contributed by atoms with van der Waals surface area (Å²) in [6.45, 7) is 9.28. The van der Waals surface area contributed by atoms with Crippen LogP contribution in [0.2, 0.25) is 0 Å². The fourth-order valence-electron chi connectivity index (χ4n) is 2.41. The minimum absolute atomic E-state index is 0. The summed E-state index contributed by atoms with van der Waals surface area (Å²) in [5.41, 5.74) is 6.91. The third-order valence-corrected chi connectivity index (χ3v) is 3.91. The van der Waals surface area contributed by atoms with Crippen LogP contribution < -0.4 is 5.73 Å². The Balaban J connectivity index is 0.00000169. The smallest absolute Gasteiger partial charge is 0.0151 e. The Morgan fingerprint density at radius 2 is 1.64 bits per heavy atom. The maximum absolute atomic E-state index is 6.26. The predicted molar refractivity (Wildman–Crippen MR) is 65.9 cm³/mol. The molecule has 0 unspecified atom stereocenters. The Morgan fingerprint density at radius 1 is 1.21 bits per heavy atom. The highest BCUT2D eigenvalue weighted by Crippen LogP contribution is 2.41. The van der Waals surface area contributed by atoms with E-state index in [1.54, 1.807) is 0 Å². The van der Waals surface area contributed by atoms with Gasteiger partial charge in [-0.05, 0) is 43.4 Å². The minimum Gasteiger partial charge on any atom is -0.325 e. The molecule has 1 aliphatic carbocycles. The Kier molecular flexibility index (Phi) is 4.94. The van der Waals surface area contributed by atoms with Crippen molar-refractivity contribution in [2.24, 2.45) is 17.1 Å². The Bertz CT molecular complexity index is 164. The van der Waals surface area contributed by atoms with E-state index in [9.17, 15) is 0 Å². The first-order valence-electron chi connectivity index (χ1n) is 5.66. The summed E-state index contributed by atoms with van der Waals surface area (Å²) in [7, 11) is 0. The lowest BCUT2D eigenvalue weighted by Crippen LogP contribution is -2.44. The summed E-state index contributed by atoms with van der Waals surface area (Å²) >= 11 is 0. The highest BCUT2D eigenvalue weighted by atomic mass is 35.5. The van der Waals surface area contributed by atoms with E-state index in [1.165, 1.54) is 25.7 Å². The first-order chi connectivity index (χ1) is 5.87. The Morgan fingerprint density at radius 3 is 1.93 bits per heavy atom. The van der Waals surface area contributed by atoms with E-state index in [0.29, 0.717) is 5.41 Å². The van der Waals surface area contributed by atoms with Gasteiger partial charge >= 0.3 is 0 Å². The highest BCUT2D eigenvalue weighted by molar-refractivity contribution is 5.85. The van der Waals surface area contributed by atoms with Gasteiger partial charge in [-0.3, -0.25) is 0 Å². The van der Waals surface area contributed by atoms with Crippen molar-refractivity contribution in [3.63, 3.8) is 0 Å². The van der Waals surface area contributed by atoms with Crippen LogP contribution >= 0.6 is 12.4 Å². The standard InChI is InChI=1S/C12H25N.ClH/c1-5-12(13)8-6-10(7-9-12)11(2,3)4;/h10H,5-9,13H2,1-4H3;1H. The number of halogens is 1. The van der Waals surface area contributed by atoms with Crippen LogP contribution in [0.5, 0.6) is 0 Å². The van der Waals surface area contributed by atoms with Crippen LogP contribution in [0, 0.1) is 11.3 Å². The van der Waals surface area contributed by atoms with Crippen LogP contribution in [-0.4, -0.2) is 5.54 Å². The van der Waals surface area contributed by atoms with Crippen LogP contribution in [0.15, 0.2) is 0 Å². The molecule has 1 saturated carbocycles. The lowest BCUT2D eigenvalue weighted by Gasteiger charge is -2.41. The predicted octanol–water partition coefficient (Wildman–Crippen LogP) is 3.75. The van der Waals surface area contributed by atoms with Gasteiger partial charge in [0.2, 0.25) is 0 Å². The quantitative estimate of drug-likeness (QED) is 0.714. The van der Waals surface area contributed by atoms with Crippen molar-refractivity contribution in [2.75, 3.05) is 0 Å². The van der Waals surface area contributed by atoms with Crippen molar-refractivity contribution >= 4 is 12.4 Å². The molecule has 0 aromatic carbocycles. The van der Waals surface area contributed by atoms with Gasteiger partial charge in [0.05, 0.1) is 0 Å². The van der Waals surface area contributed by atoms with Gasteiger partial charge in [0, 0.05) is 5.54 Å². The monoisotopic (exact) mass is 219 g/mol. The zero-order chi connectivity index (χ0) is 10.1. The summed E-state index contributed by atoms with van der Waals surface area (Å²) in [5.74, 6) is 0.885. The van der Waals surface area contributed by atoms with Gasteiger partial charge in [-0.2, -0.15) is 0 Å². The van der Waals surface area contributed by atoms with Gasteiger partial charge in [0.15, 0.2) is 0 Å². The molecule has 1 nitrogen and oxygen atoms in total. The number of nitrogens with two attached hydrogens (primary N) is 1. The Hall–Kier alpha value is 0.250. The second-order valence-electron chi connectivity index (χ2n) is 5.86. The molecule has 86 valence electrons. The van der Waals surface area contributed by atoms with E-state index in [-0.39, 0.29) is 17.9 Å². The summed E-state index contributed by atoms with van der Waals surface area (Å²) in [6, 6.07) is 0. The molecule has 2 N–H and O–H groups in total. The van der Waals surface area contributed by atoms with Crippen molar-refractivity contribution in [2.45, 2.75) is 65.3 Å². The normalized spacial score (nSPS) is 33.6. The maximum atomic E-state index is 6.26. The summed E-state index contributed by atoms with van der Waals surface area (Å²) < 4.78 is 0. The molecule has 0 amide bonds. The molecule has 0 atom stereocenters. The van der Waals surface area contributed by atoms with Gasteiger partial charge in [-0.25, -0.2) is 0 Å². The largest absolute Gasteiger partial charge is 0.325 e. The van der Waals surface area contributed by atoms with Crippen LogP contribution in [-0.2, 0) is 0 Å².